The standard InChI is InChI=1S/C11H23N3O2S/c1-14-7-4-11(8-14)13-17(15,16)9-10-2-5-12-6-3-10/h10-13H,2-9H2,1H3. The highest BCUT2D eigenvalue weighted by molar-refractivity contribution is 7.89. The van der Waals surface area contributed by atoms with Crippen molar-refractivity contribution in [3.8, 4) is 0 Å². The molecule has 2 aliphatic rings. The minimum Gasteiger partial charge on any atom is -0.317 e. The molecule has 0 amide bonds. The summed E-state index contributed by atoms with van der Waals surface area (Å²) in [6, 6.07) is 0.117. The molecule has 0 aromatic rings. The zero-order valence-electron chi connectivity index (χ0n) is 10.5. The maximum Gasteiger partial charge on any atom is 0.212 e. The number of nitrogens with one attached hydrogen (secondary N) is 2. The largest absolute Gasteiger partial charge is 0.317 e. The van der Waals surface area contributed by atoms with E-state index >= 15 is 0 Å². The van der Waals surface area contributed by atoms with Gasteiger partial charge in [-0.05, 0) is 51.9 Å². The lowest BCUT2D eigenvalue weighted by atomic mass is 10.0. The van der Waals surface area contributed by atoms with Gasteiger partial charge in [0.25, 0.3) is 0 Å². The van der Waals surface area contributed by atoms with Gasteiger partial charge in [-0.2, -0.15) is 0 Å². The summed E-state index contributed by atoms with van der Waals surface area (Å²) in [6.45, 7) is 3.73. The summed E-state index contributed by atoms with van der Waals surface area (Å²) in [5.41, 5.74) is 0. The van der Waals surface area contributed by atoms with E-state index in [0.717, 1.165) is 45.4 Å². The first-order valence-electron chi connectivity index (χ1n) is 6.44. The predicted molar refractivity (Wildman–Crippen MR) is 68.4 cm³/mol. The molecule has 0 bridgehead atoms. The molecule has 2 N–H and O–H groups in total. The molecule has 100 valence electrons. The lowest BCUT2D eigenvalue weighted by molar-refractivity contribution is 0.395. The highest BCUT2D eigenvalue weighted by atomic mass is 32.2. The number of hydrogen-bond donors (Lipinski definition) is 2. The molecule has 17 heavy (non-hydrogen) atoms. The fourth-order valence-corrected chi connectivity index (χ4v) is 4.44. The van der Waals surface area contributed by atoms with Gasteiger partial charge in [0.15, 0.2) is 0 Å². The molecule has 0 aromatic heterocycles. The van der Waals surface area contributed by atoms with Crippen LogP contribution in [0.4, 0.5) is 0 Å². The van der Waals surface area contributed by atoms with Crippen molar-refractivity contribution in [1.29, 1.82) is 0 Å². The number of nitrogens with zero attached hydrogens (tertiary/aromatic N) is 1. The lowest BCUT2D eigenvalue weighted by Crippen LogP contribution is -2.41. The lowest BCUT2D eigenvalue weighted by Gasteiger charge is -2.23. The number of piperidine rings is 1. The summed E-state index contributed by atoms with van der Waals surface area (Å²) in [5.74, 6) is 0.627. The maximum absolute atomic E-state index is 12.0. The minimum atomic E-state index is -3.09. The van der Waals surface area contributed by atoms with Crippen LogP contribution in [0.15, 0.2) is 0 Å². The van der Waals surface area contributed by atoms with Crippen molar-refractivity contribution in [2.24, 2.45) is 5.92 Å². The van der Waals surface area contributed by atoms with Crippen LogP contribution in [-0.2, 0) is 10.0 Å². The monoisotopic (exact) mass is 261 g/mol. The van der Waals surface area contributed by atoms with Crippen LogP contribution < -0.4 is 10.0 Å². The van der Waals surface area contributed by atoms with Gasteiger partial charge < -0.3 is 10.2 Å². The van der Waals surface area contributed by atoms with Crippen molar-refractivity contribution in [3.63, 3.8) is 0 Å². The van der Waals surface area contributed by atoms with E-state index in [1.807, 2.05) is 7.05 Å². The molecule has 0 spiro atoms. The predicted octanol–water partition coefficient (Wildman–Crippen LogP) is -0.390. The smallest absolute Gasteiger partial charge is 0.212 e. The van der Waals surface area contributed by atoms with Crippen molar-refractivity contribution >= 4 is 10.0 Å². The van der Waals surface area contributed by atoms with Gasteiger partial charge in [0.05, 0.1) is 5.75 Å². The van der Waals surface area contributed by atoms with Gasteiger partial charge in [-0.3, -0.25) is 0 Å². The molecule has 2 saturated heterocycles. The molecule has 2 fully saturated rings. The second kappa shape index (κ2) is 5.65. The van der Waals surface area contributed by atoms with Crippen molar-refractivity contribution in [3.05, 3.63) is 0 Å². The quantitative estimate of drug-likeness (QED) is 0.723. The molecule has 5 nitrogen and oxygen atoms in total. The van der Waals surface area contributed by atoms with E-state index in [9.17, 15) is 8.42 Å². The molecule has 1 atom stereocenters. The van der Waals surface area contributed by atoms with Crippen molar-refractivity contribution in [2.75, 3.05) is 39.0 Å². The fraction of sp³-hybridized carbons (Fsp3) is 1.00. The van der Waals surface area contributed by atoms with Crippen LogP contribution in [0.1, 0.15) is 19.3 Å². The third kappa shape index (κ3) is 4.21. The van der Waals surface area contributed by atoms with Crippen LogP contribution in [0.3, 0.4) is 0 Å². The minimum absolute atomic E-state index is 0.117. The second-order valence-corrected chi connectivity index (χ2v) is 7.14. The zero-order chi connectivity index (χ0) is 12.3. The maximum atomic E-state index is 12.0. The van der Waals surface area contributed by atoms with Crippen molar-refractivity contribution < 1.29 is 8.42 Å². The van der Waals surface area contributed by atoms with E-state index in [-0.39, 0.29) is 6.04 Å². The summed E-state index contributed by atoms with van der Waals surface area (Å²) >= 11 is 0. The molecule has 0 radical (unpaired) electrons. The fourth-order valence-electron chi connectivity index (χ4n) is 2.69. The third-order valence-corrected chi connectivity index (χ3v) is 5.25. The average Bonchev–Trinajstić information content (AvgIpc) is 2.63. The Kier molecular flexibility index (Phi) is 4.41. The molecule has 0 aliphatic carbocycles. The topological polar surface area (TPSA) is 61.4 Å². The number of hydrogen-bond acceptors (Lipinski definition) is 4. The SMILES string of the molecule is CN1CCC(NS(=O)(=O)CC2CCNCC2)C1. The third-order valence-electron chi connectivity index (χ3n) is 3.65. The van der Waals surface area contributed by atoms with Gasteiger partial charge in [-0.25, -0.2) is 13.1 Å². The summed E-state index contributed by atoms with van der Waals surface area (Å²) in [6.07, 6.45) is 2.89. The second-order valence-electron chi connectivity index (χ2n) is 5.34. The number of sulfonamides is 1. The van der Waals surface area contributed by atoms with Crippen LogP contribution in [0.25, 0.3) is 0 Å². The van der Waals surface area contributed by atoms with Gasteiger partial charge >= 0.3 is 0 Å². The Morgan fingerprint density at radius 1 is 1.29 bits per heavy atom. The Bertz CT molecular complexity index is 326. The number of likely N-dealkylation sites (N-methyl/N-ethyl adjacent to an activating group) is 1. The molecule has 0 saturated carbocycles. The van der Waals surface area contributed by atoms with E-state index in [1.54, 1.807) is 0 Å². The molecule has 2 aliphatic heterocycles. The van der Waals surface area contributed by atoms with Crippen LogP contribution in [0, 0.1) is 5.92 Å². The van der Waals surface area contributed by atoms with Crippen LogP contribution in [0.2, 0.25) is 0 Å². The van der Waals surface area contributed by atoms with Crippen LogP contribution in [0.5, 0.6) is 0 Å². The Morgan fingerprint density at radius 3 is 2.59 bits per heavy atom. The van der Waals surface area contributed by atoms with Crippen molar-refractivity contribution in [2.45, 2.75) is 25.3 Å². The zero-order valence-corrected chi connectivity index (χ0v) is 11.3. The molecule has 1 unspecified atom stereocenters. The van der Waals surface area contributed by atoms with Gasteiger partial charge in [-0.1, -0.05) is 0 Å². The summed E-state index contributed by atoms with van der Waals surface area (Å²) in [5, 5.41) is 3.26. The van der Waals surface area contributed by atoms with Crippen molar-refractivity contribution in [1.82, 2.24) is 14.9 Å². The van der Waals surface area contributed by atoms with E-state index in [2.05, 4.69) is 14.9 Å². The number of likely N-dealkylation sites (tertiary alicyclic amines) is 1. The highest BCUT2D eigenvalue weighted by Crippen LogP contribution is 2.15. The van der Waals surface area contributed by atoms with E-state index in [1.165, 1.54) is 0 Å². The van der Waals surface area contributed by atoms with Gasteiger partial charge in [0.2, 0.25) is 10.0 Å². The normalized spacial score (nSPS) is 28.6. The summed E-state index contributed by atoms with van der Waals surface area (Å²) < 4.78 is 26.9. The first kappa shape index (κ1) is 13.3. The highest BCUT2D eigenvalue weighted by Gasteiger charge is 2.26. The molecular weight excluding hydrogens is 238 g/mol. The Labute approximate surface area is 104 Å². The summed E-state index contributed by atoms with van der Waals surface area (Å²) in [7, 11) is -1.06. The van der Waals surface area contributed by atoms with Gasteiger partial charge in [0.1, 0.15) is 0 Å². The number of rotatable bonds is 4. The van der Waals surface area contributed by atoms with Gasteiger partial charge in [0, 0.05) is 12.6 Å². The Hall–Kier alpha value is -0.170. The molecule has 0 aromatic carbocycles. The molecule has 2 heterocycles. The Balaban J connectivity index is 1.81. The first-order chi connectivity index (χ1) is 8.05. The molecular formula is C11H23N3O2S. The average molecular weight is 261 g/mol. The van der Waals surface area contributed by atoms with Gasteiger partial charge in [-0.15, -0.1) is 0 Å². The van der Waals surface area contributed by atoms with E-state index in [0.29, 0.717) is 11.7 Å². The first-order valence-corrected chi connectivity index (χ1v) is 8.10. The van der Waals surface area contributed by atoms with Crippen LogP contribution in [-0.4, -0.2) is 58.3 Å². The van der Waals surface area contributed by atoms with E-state index in [4.69, 9.17) is 0 Å². The Morgan fingerprint density at radius 2 is 2.00 bits per heavy atom. The van der Waals surface area contributed by atoms with E-state index < -0.39 is 10.0 Å². The van der Waals surface area contributed by atoms with Crippen LogP contribution >= 0.6 is 0 Å². The molecule has 6 heteroatoms. The summed E-state index contributed by atoms with van der Waals surface area (Å²) in [4.78, 5) is 2.16. The molecule has 2 rings (SSSR count).